The van der Waals surface area contributed by atoms with E-state index < -0.39 is 11.7 Å². The van der Waals surface area contributed by atoms with Crippen LogP contribution in [0.5, 0.6) is 0 Å². The molecule has 1 aliphatic heterocycles. The quantitative estimate of drug-likeness (QED) is 0.373. The molecule has 1 fully saturated rings. The van der Waals surface area contributed by atoms with Gasteiger partial charge in [0.25, 0.3) is 0 Å². The molecule has 0 saturated carbocycles. The van der Waals surface area contributed by atoms with Gasteiger partial charge in [-0.1, -0.05) is 66.2 Å². The zero-order valence-electron chi connectivity index (χ0n) is 19.0. The fraction of sp³-hybridized carbons (Fsp3) is 0.296. The van der Waals surface area contributed by atoms with Crippen molar-refractivity contribution < 1.29 is 14.3 Å². The Balaban J connectivity index is 1.67. The number of nitroso groups, excluding NO2 is 1. The van der Waals surface area contributed by atoms with E-state index in [9.17, 15) is 9.70 Å². The maximum Gasteiger partial charge on any atom is 0.219 e. The third-order valence-electron chi connectivity index (χ3n) is 6.24. The molecule has 1 amide bonds. The van der Waals surface area contributed by atoms with Crippen LogP contribution in [0.15, 0.2) is 84.0 Å². The van der Waals surface area contributed by atoms with E-state index in [1.807, 2.05) is 60.7 Å². The number of benzene rings is 3. The molecule has 1 saturated heterocycles. The summed E-state index contributed by atoms with van der Waals surface area (Å²) in [6.07, 6.45) is 0.129. The Morgan fingerprint density at radius 2 is 1.76 bits per heavy atom. The van der Waals surface area contributed by atoms with E-state index in [4.69, 9.17) is 21.1 Å². The Kier molecular flexibility index (Phi) is 7.73. The normalized spacial score (nSPS) is 20.2. The smallest absolute Gasteiger partial charge is 0.219 e. The minimum atomic E-state index is -0.785. The third-order valence-corrected chi connectivity index (χ3v) is 6.50. The van der Waals surface area contributed by atoms with Gasteiger partial charge in [0.05, 0.1) is 19.8 Å². The molecule has 0 spiro atoms. The number of amides is 1. The number of hydrogen-bond acceptors (Lipinski definition) is 5. The minimum Gasteiger partial charge on any atom is -0.368 e. The number of piperidine rings is 1. The van der Waals surface area contributed by atoms with E-state index in [1.165, 1.54) is 0 Å². The van der Waals surface area contributed by atoms with E-state index in [-0.39, 0.29) is 12.5 Å². The molecule has 6 nitrogen and oxygen atoms in total. The first-order valence-corrected chi connectivity index (χ1v) is 11.6. The number of hydrogen-bond donors (Lipinski definition) is 0. The van der Waals surface area contributed by atoms with Crippen molar-refractivity contribution in [2.45, 2.75) is 38.3 Å². The summed E-state index contributed by atoms with van der Waals surface area (Å²) in [5.74, 6) is -0.00600. The van der Waals surface area contributed by atoms with Crippen LogP contribution in [0.1, 0.15) is 30.0 Å². The van der Waals surface area contributed by atoms with E-state index >= 15 is 0 Å². The largest absolute Gasteiger partial charge is 0.368 e. The molecule has 0 radical (unpaired) electrons. The summed E-state index contributed by atoms with van der Waals surface area (Å²) >= 11 is 6.18. The van der Waals surface area contributed by atoms with Crippen LogP contribution in [-0.2, 0) is 33.1 Å². The Bertz CT molecular complexity index is 1120. The number of likely N-dealkylation sites (tertiary alicyclic amines) is 1. The minimum absolute atomic E-state index is 0.00600. The predicted molar refractivity (Wildman–Crippen MR) is 132 cm³/mol. The van der Waals surface area contributed by atoms with Gasteiger partial charge in [-0.2, -0.15) is 0 Å². The molecular formula is C27H27ClN2O4. The van der Waals surface area contributed by atoms with Crippen molar-refractivity contribution in [1.82, 2.24) is 4.90 Å². The summed E-state index contributed by atoms with van der Waals surface area (Å²) in [6.45, 7) is 3.16. The number of carbonyl (C=O) groups excluding carboxylic acids is 1. The fourth-order valence-corrected chi connectivity index (χ4v) is 4.50. The first-order chi connectivity index (χ1) is 16.5. The van der Waals surface area contributed by atoms with Gasteiger partial charge in [0, 0.05) is 24.9 Å². The molecule has 2 atom stereocenters. The van der Waals surface area contributed by atoms with Crippen molar-refractivity contribution in [3.63, 3.8) is 0 Å². The highest BCUT2D eigenvalue weighted by Gasteiger charge is 2.47. The van der Waals surface area contributed by atoms with Gasteiger partial charge >= 0.3 is 0 Å². The van der Waals surface area contributed by atoms with Crippen LogP contribution < -0.4 is 0 Å². The second-order valence-corrected chi connectivity index (χ2v) is 8.88. The van der Waals surface area contributed by atoms with Crippen LogP contribution >= 0.6 is 11.6 Å². The molecule has 176 valence electrons. The van der Waals surface area contributed by atoms with Crippen molar-refractivity contribution in [3.8, 4) is 0 Å². The summed E-state index contributed by atoms with van der Waals surface area (Å²) in [5, 5.41) is 3.65. The van der Waals surface area contributed by atoms with Gasteiger partial charge in [-0.05, 0) is 46.1 Å². The molecule has 0 aromatic heterocycles. The van der Waals surface area contributed by atoms with Crippen molar-refractivity contribution in [2.75, 3.05) is 13.1 Å². The Morgan fingerprint density at radius 3 is 2.47 bits per heavy atom. The third kappa shape index (κ3) is 5.53. The summed E-state index contributed by atoms with van der Waals surface area (Å²) in [5.41, 5.74) is 2.38. The van der Waals surface area contributed by atoms with Crippen LogP contribution in [0, 0.1) is 4.91 Å². The van der Waals surface area contributed by atoms with Crippen molar-refractivity contribution in [2.24, 2.45) is 5.18 Å². The summed E-state index contributed by atoms with van der Waals surface area (Å²) < 4.78 is 13.1. The number of rotatable bonds is 8. The van der Waals surface area contributed by atoms with Crippen molar-refractivity contribution >= 4 is 23.2 Å². The maximum absolute atomic E-state index is 12.2. The molecule has 34 heavy (non-hydrogen) atoms. The average molecular weight is 479 g/mol. The number of ether oxygens (including phenoxy) is 2. The lowest BCUT2D eigenvalue weighted by atomic mass is 9.81. The van der Waals surface area contributed by atoms with E-state index in [2.05, 4.69) is 5.18 Å². The average Bonchev–Trinajstić information content (AvgIpc) is 2.87. The summed E-state index contributed by atoms with van der Waals surface area (Å²) in [7, 11) is 0. The number of carbonyl (C=O) groups is 1. The molecule has 1 aliphatic rings. The molecule has 0 aliphatic carbocycles. The highest BCUT2D eigenvalue weighted by atomic mass is 35.5. The standard InChI is InChI=1S/C27H27ClN2O4/c1-20(31)30-15-14-27(23-10-12-24(28)13-11-23,34-19-21-6-3-2-4-7-21)26(17-30)33-18-22-8-5-9-25(16-22)29-32/h2-13,16,26H,14-15,17-19H2,1H3. The van der Waals surface area contributed by atoms with E-state index in [1.54, 1.807) is 30.0 Å². The highest BCUT2D eigenvalue weighted by molar-refractivity contribution is 6.30. The van der Waals surface area contributed by atoms with E-state index in [0.717, 1.165) is 16.7 Å². The molecular weight excluding hydrogens is 452 g/mol. The maximum atomic E-state index is 12.2. The molecule has 1 heterocycles. The number of nitrogens with zero attached hydrogens (tertiary/aromatic N) is 2. The van der Waals surface area contributed by atoms with Gasteiger partial charge in [-0.3, -0.25) is 4.79 Å². The van der Waals surface area contributed by atoms with Crippen LogP contribution in [0.2, 0.25) is 5.02 Å². The second-order valence-electron chi connectivity index (χ2n) is 8.45. The second kappa shape index (κ2) is 10.9. The van der Waals surface area contributed by atoms with Gasteiger partial charge in [-0.25, -0.2) is 0 Å². The SMILES string of the molecule is CC(=O)N1CCC(OCc2ccccc2)(c2ccc(Cl)cc2)C(OCc2cccc(N=O)c2)C1. The van der Waals surface area contributed by atoms with Gasteiger partial charge in [0.15, 0.2) is 0 Å². The Hall–Kier alpha value is -3.06. The molecule has 7 heteroatoms. The van der Waals surface area contributed by atoms with Crippen LogP contribution in [0.3, 0.4) is 0 Å². The first-order valence-electron chi connectivity index (χ1n) is 11.2. The van der Waals surface area contributed by atoms with Gasteiger partial charge in [-0.15, -0.1) is 4.91 Å². The fourth-order valence-electron chi connectivity index (χ4n) is 4.37. The van der Waals surface area contributed by atoms with E-state index in [0.29, 0.717) is 36.8 Å². The lowest BCUT2D eigenvalue weighted by Crippen LogP contribution is -2.56. The first kappa shape index (κ1) is 24.1. The zero-order chi connectivity index (χ0) is 24.0. The van der Waals surface area contributed by atoms with Crippen LogP contribution in [-0.4, -0.2) is 30.0 Å². The topological polar surface area (TPSA) is 68.2 Å². The molecule has 4 rings (SSSR count). The Labute approximate surface area is 204 Å². The summed E-state index contributed by atoms with van der Waals surface area (Å²) in [4.78, 5) is 25.0. The Morgan fingerprint density at radius 1 is 1.03 bits per heavy atom. The molecule has 2 unspecified atom stereocenters. The van der Waals surface area contributed by atoms with Crippen molar-refractivity contribution in [3.05, 3.63) is 105 Å². The number of halogens is 1. The van der Waals surface area contributed by atoms with Crippen LogP contribution in [0.25, 0.3) is 0 Å². The van der Waals surface area contributed by atoms with Gasteiger partial charge in [0.2, 0.25) is 5.91 Å². The highest BCUT2D eigenvalue weighted by Crippen LogP contribution is 2.40. The van der Waals surface area contributed by atoms with Gasteiger partial charge < -0.3 is 14.4 Å². The lowest BCUT2D eigenvalue weighted by Gasteiger charge is -2.47. The monoisotopic (exact) mass is 478 g/mol. The molecule has 0 N–H and O–H groups in total. The molecule has 0 bridgehead atoms. The van der Waals surface area contributed by atoms with Crippen LogP contribution in [0.4, 0.5) is 5.69 Å². The lowest BCUT2D eigenvalue weighted by molar-refractivity contribution is -0.195. The van der Waals surface area contributed by atoms with Gasteiger partial charge in [0.1, 0.15) is 17.4 Å². The molecule has 3 aromatic rings. The summed E-state index contributed by atoms with van der Waals surface area (Å²) in [6, 6.07) is 24.6. The predicted octanol–water partition coefficient (Wildman–Crippen LogP) is 5.99. The zero-order valence-corrected chi connectivity index (χ0v) is 19.8. The van der Waals surface area contributed by atoms with Crippen molar-refractivity contribution in [1.29, 1.82) is 0 Å². The molecule has 3 aromatic carbocycles.